The van der Waals surface area contributed by atoms with Crippen LogP contribution in [0.1, 0.15) is 52.9 Å². The topological polar surface area (TPSA) is 43.7 Å². The van der Waals surface area contributed by atoms with Crippen molar-refractivity contribution in [2.45, 2.75) is 76.8 Å². The molecule has 118 valence electrons. The molecule has 0 aromatic carbocycles. The van der Waals surface area contributed by atoms with Crippen LogP contribution in [-0.2, 0) is 0 Å². The van der Waals surface area contributed by atoms with Gasteiger partial charge in [-0.05, 0) is 64.7 Å². The summed E-state index contributed by atoms with van der Waals surface area (Å²) in [6.45, 7) is 7.21. The third-order valence-corrected chi connectivity index (χ3v) is 5.49. The lowest BCUT2D eigenvalue weighted by atomic mass is 9.75. The number of likely N-dealkylation sites (tertiary alicyclic amines) is 1. The van der Waals surface area contributed by atoms with E-state index in [4.69, 9.17) is 0 Å². The highest BCUT2D eigenvalue weighted by Crippen LogP contribution is 2.38. The lowest BCUT2D eigenvalue weighted by Crippen LogP contribution is -2.54. The largest absolute Gasteiger partial charge is 0.390 e. The van der Waals surface area contributed by atoms with Gasteiger partial charge in [0.2, 0.25) is 0 Å². The van der Waals surface area contributed by atoms with E-state index in [9.17, 15) is 14.6 Å². The molecule has 1 saturated heterocycles. The van der Waals surface area contributed by atoms with Crippen LogP contribution < -0.4 is 0 Å². The lowest BCUT2D eigenvalue weighted by molar-refractivity contribution is -0.0758. The van der Waals surface area contributed by atoms with Crippen LogP contribution in [0.3, 0.4) is 0 Å². The monoisotopic (exact) mass is 287 g/mol. The van der Waals surface area contributed by atoms with E-state index < -0.39 is 17.9 Å². The van der Waals surface area contributed by atoms with Gasteiger partial charge in [-0.25, -0.2) is 4.39 Å². The van der Waals surface area contributed by atoms with Crippen molar-refractivity contribution >= 4 is 0 Å². The second kappa shape index (κ2) is 6.29. The second-order valence-corrected chi connectivity index (χ2v) is 7.36. The van der Waals surface area contributed by atoms with Gasteiger partial charge in [0.25, 0.3) is 0 Å². The van der Waals surface area contributed by atoms with Crippen LogP contribution in [0.4, 0.5) is 4.39 Å². The number of hydrogen-bond donors (Lipinski definition) is 2. The zero-order valence-electron chi connectivity index (χ0n) is 13.1. The molecule has 1 heterocycles. The molecule has 3 atom stereocenters. The molecular weight excluding hydrogens is 257 g/mol. The van der Waals surface area contributed by atoms with Crippen LogP contribution in [0.25, 0.3) is 0 Å². The van der Waals surface area contributed by atoms with Crippen LogP contribution >= 0.6 is 0 Å². The SMILES string of the molecule is C[C@@H]1[C@@H](O)[C@H](O)CCN1CC1CCC(C(C)(C)F)CC1. The maximum Gasteiger partial charge on any atom is 0.108 e. The Balaban J connectivity index is 1.81. The zero-order chi connectivity index (χ0) is 14.9. The summed E-state index contributed by atoms with van der Waals surface area (Å²) in [4.78, 5) is 2.29. The van der Waals surface area contributed by atoms with Gasteiger partial charge in [0.1, 0.15) is 5.67 Å². The first-order valence-corrected chi connectivity index (χ1v) is 8.08. The summed E-state index contributed by atoms with van der Waals surface area (Å²) in [6, 6.07) is 0.0223. The molecule has 0 bridgehead atoms. The highest BCUT2D eigenvalue weighted by Gasteiger charge is 2.36. The second-order valence-electron chi connectivity index (χ2n) is 7.36. The number of piperidine rings is 1. The van der Waals surface area contributed by atoms with E-state index in [0.29, 0.717) is 12.3 Å². The van der Waals surface area contributed by atoms with Gasteiger partial charge in [-0.3, -0.25) is 4.90 Å². The van der Waals surface area contributed by atoms with E-state index in [1.807, 2.05) is 6.92 Å². The average Bonchev–Trinajstić information content (AvgIpc) is 2.39. The molecule has 20 heavy (non-hydrogen) atoms. The molecule has 2 fully saturated rings. The van der Waals surface area contributed by atoms with Gasteiger partial charge in [-0.15, -0.1) is 0 Å². The Labute approximate surface area is 122 Å². The van der Waals surface area contributed by atoms with Crippen molar-refractivity contribution < 1.29 is 14.6 Å². The highest BCUT2D eigenvalue weighted by atomic mass is 19.1. The third-order valence-electron chi connectivity index (χ3n) is 5.49. The van der Waals surface area contributed by atoms with Crippen molar-refractivity contribution in [3.8, 4) is 0 Å². The Morgan fingerprint density at radius 2 is 1.70 bits per heavy atom. The molecule has 0 spiro atoms. The van der Waals surface area contributed by atoms with Gasteiger partial charge >= 0.3 is 0 Å². The van der Waals surface area contributed by atoms with Crippen molar-refractivity contribution in [3.05, 3.63) is 0 Å². The average molecular weight is 287 g/mol. The summed E-state index contributed by atoms with van der Waals surface area (Å²) in [5, 5.41) is 19.6. The quantitative estimate of drug-likeness (QED) is 0.837. The summed E-state index contributed by atoms with van der Waals surface area (Å²) >= 11 is 0. The summed E-state index contributed by atoms with van der Waals surface area (Å²) < 4.78 is 13.9. The number of nitrogens with zero attached hydrogens (tertiary/aromatic N) is 1. The molecular formula is C16H30FNO2. The molecule has 2 N–H and O–H groups in total. The van der Waals surface area contributed by atoms with E-state index in [-0.39, 0.29) is 12.0 Å². The standard InChI is InChI=1S/C16H30FNO2/c1-11-15(20)14(19)8-9-18(11)10-12-4-6-13(7-5-12)16(2,3)17/h11-15,19-20H,4-10H2,1-3H3/t11-,12?,13?,14-,15-/m1/s1. The van der Waals surface area contributed by atoms with Crippen LogP contribution in [0, 0.1) is 11.8 Å². The minimum atomic E-state index is -1.05. The minimum absolute atomic E-state index is 0.0223. The predicted octanol–water partition coefficient (Wildman–Crippen LogP) is 2.36. The van der Waals surface area contributed by atoms with Crippen LogP contribution in [0.15, 0.2) is 0 Å². The predicted molar refractivity (Wildman–Crippen MR) is 78.3 cm³/mol. The lowest BCUT2D eigenvalue weighted by Gasteiger charge is -2.43. The maximum atomic E-state index is 13.9. The molecule has 2 rings (SSSR count). The number of aliphatic hydroxyl groups excluding tert-OH is 2. The molecule has 1 saturated carbocycles. The normalized spacial score (nSPS) is 40.8. The van der Waals surface area contributed by atoms with E-state index in [2.05, 4.69) is 4.90 Å². The number of alkyl halides is 1. The van der Waals surface area contributed by atoms with Crippen molar-refractivity contribution in [3.63, 3.8) is 0 Å². The number of aliphatic hydroxyl groups is 2. The maximum absolute atomic E-state index is 13.9. The number of halogens is 1. The first-order valence-electron chi connectivity index (χ1n) is 8.08. The first kappa shape index (κ1) is 16.2. The Hall–Kier alpha value is -0.190. The molecule has 1 aliphatic carbocycles. The van der Waals surface area contributed by atoms with Crippen molar-refractivity contribution in [1.29, 1.82) is 0 Å². The summed E-state index contributed by atoms with van der Waals surface area (Å²) in [6.07, 6.45) is 3.55. The summed E-state index contributed by atoms with van der Waals surface area (Å²) in [5.74, 6) is 0.809. The van der Waals surface area contributed by atoms with Gasteiger partial charge in [-0.2, -0.15) is 0 Å². The fourth-order valence-corrected chi connectivity index (χ4v) is 3.83. The molecule has 0 aromatic rings. The molecule has 1 aliphatic heterocycles. The number of rotatable bonds is 3. The van der Waals surface area contributed by atoms with Crippen LogP contribution in [0.2, 0.25) is 0 Å². The van der Waals surface area contributed by atoms with Crippen molar-refractivity contribution in [2.24, 2.45) is 11.8 Å². The Bertz CT molecular complexity index is 310. The Kier molecular flexibility index (Phi) is 5.09. The highest BCUT2D eigenvalue weighted by molar-refractivity contribution is 4.89. The van der Waals surface area contributed by atoms with Gasteiger partial charge in [-0.1, -0.05) is 0 Å². The molecule has 0 amide bonds. The van der Waals surface area contributed by atoms with Crippen LogP contribution in [0.5, 0.6) is 0 Å². The van der Waals surface area contributed by atoms with E-state index in [1.54, 1.807) is 13.8 Å². The van der Waals surface area contributed by atoms with E-state index >= 15 is 0 Å². The fourth-order valence-electron chi connectivity index (χ4n) is 3.83. The Morgan fingerprint density at radius 1 is 1.10 bits per heavy atom. The molecule has 2 aliphatic rings. The van der Waals surface area contributed by atoms with Crippen molar-refractivity contribution in [2.75, 3.05) is 13.1 Å². The van der Waals surface area contributed by atoms with E-state index in [0.717, 1.165) is 38.8 Å². The smallest absolute Gasteiger partial charge is 0.108 e. The van der Waals surface area contributed by atoms with Gasteiger partial charge in [0.15, 0.2) is 0 Å². The van der Waals surface area contributed by atoms with Crippen LogP contribution in [-0.4, -0.2) is 52.1 Å². The first-order chi connectivity index (χ1) is 9.29. The van der Waals surface area contributed by atoms with Gasteiger partial charge < -0.3 is 10.2 Å². The van der Waals surface area contributed by atoms with Gasteiger partial charge in [0.05, 0.1) is 12.2 Å². The number of hydrogen-bond acceptors (Lipinski definition) is 3. The minimum Gasteiger partial charge on any atom is -0.390 e. The van der Waals surface area contributed by atoms with E-state index in [1.165, 1.54) is 0 Å². The zero-order valence-corrected chi connectivity index (χ0v) is 13.1. The molecule has 0 unspecified atom stereocenters. The Morgan fingerprint density at radius 3 is 2.25 bits per heavy atom. The summed E-state index contributed by atoms with van der Waals surface area (Å²) in [7, 11) is 0. The molecule has 4 heteroatoms. The fraction of sp³-hybridized carbons (Fsp3) is 1.00. The third kappa shape index (κ3) is 3.71. The molecule has 0 aromatic heterocycles. The summed E-state index contributed by atoms with van der Waals surface area (Å²) in [5.41, 5.74) is -1.05. The van der Waals surface area contributed by atoms with Crippen molar-refractivity contribution in [1.82, 2.24) is 4.90 Å². The molecule has 0 radical (unpaired) electrons. The van der Waals surface area contributed by atoms with Gasteiger partial charge in [0, 0.05) is 19.1 Å². The molecule has 3 nitrogen and oxygen atoms in total.